The highest BCUT2D eigenvalue weighted by atomic mass is 16.2. The van der Waals surface area contributed by atoms with Gasteiger partial charge in [0.2, 0.25) is 0 Å². The molecule has 30 heavy (non-hydrogen) atoms. The van der Waals surface area contributed by atoms with Crippen LogP contribution in [-0.4, -0.2) is 32.1 Å². The average Bonchev–Trinajstić information content (AvgIpc) is 3.08. The summed E-state index contributed by atoms with van der Waals surface area (Å²) in [6.07, 6.45) is 1.87. The molecule has 8 nitrogen and oxygen atoms in total. The summed E-state index contributed by atoms with van der Waals surface area (Å²) in [6.45, 7) is 9.76. The van der Waals surface area contributed by atoms with Crippen LogP contribution < -0.4 is 16.0 Å². The molecule has 1 unspecified atom stereocenters. The van der Waals surface area contributed by atoms with Gasteiger partial charge in [0.05, 0.1) is 6.04 Å². The Bertz CT molecular complexity index is 1050. The number of fused-ring (bicyclic) bond motifs is 1. The molecular weight excluding hydrogens is 380 g/mol. The van der Waals surface area contributed by atoms with E-state index in [1.54, 1.807) is 24.3 Å². The standard InChI is InChI=1S/C22H28N6O2/c1-14(2)18(19-27-26-17-11-6-7-12-28(17)19)24-21(30)23-16-10-8-9-15(13-16)20(29)25-22(3,4)5/h6-14,18H,1-5H3,(H,25,29)(H2,23,24,30). The van der Waals surface area contributed by atoms with Gasteiger partial charge in [0.25, 0.3) is 5.91 Å². The molecule has 0 aliphatic heterocycles. The molecule has 2 aromatic heterocycles. The molecule has 3 aromatic rings. The van der Waals surface area contributed by atoms with Crippen LogP contribution in [-0.2, 0) is 0 Å². The number of amides is 3. The van der Waals surface area contributed by atoms with E-state index in [4.69, 9.17) is 0 Å². The van der Waals surface area contributed by atoms with Crippen molar-refractivity contribution < 1.29 is 9.59 Å². The minimum Gasteiger partial charge on any atom is -0.347 e. The van der Waals surface area contributed by atoms with Crippen LogP contribution in [0.25, 0.3) is 5.65 Å². The Morgan fingerprint density at radius 2 is 1.80 bits per heavy atom. The largest absolute Gasteiger partial charge is 0.347 e. The van der Waals surface area contributed by atoms with Crippen molar-refractivity contribution in [3.63, 3.8) is 0 Å². The summed E-state index contributed by atoms with van der Waals surface area (Å²) in [5, 5.41) is 17.1. The molecule has 3 rings (SSSR count). The van der Waals surface area contributed by atoms with Crippen LogP contribution in [0.5, 0.6) is 0 Å². The van der Waals surface area contributed by atoms with Crippen molar-refractivity contribution in [3.05, 3.63) is 60.0 Å². The van der Waals surface area contributed by atoms with Crippen molar-refractivity contribution in [2.45, 2.75) is 46.2 Å². The molecule has 3 amide bonds. The zero-order valence-electron chi connectivity index (χ0n) is 17.9. The van der Waals surface area contributed by atoms with Gasteiger partial charge >= 0.3 is 6.03 Å². The van der Waals surface area contributed by atoms with E-state index < -0.39 is 0 Å². The second-order valence-electron chi connectivity index (χ2n) is 8.59. The summed E-state index contributed by atoms with van der Waals surface area (Å²) in [5.74, 6) is 0.558. The predicted molar refractivity (Wildman–Crippen MR) is 116 cm³/mol. The lowest BCUT2D eigenvalue weighted by molar-refractivity contribution is 0.0919. The van der Waals surface area contributed by atoms with Crippen LogP contribution in [0, 0.1) is 5.92 Å². The van der Waals surface area contributed by atoms with Gasteiger partial charge in [-0.25, -0.2) is 4.79 Å². The Balaban J connectivity index is 1.74. The van der Waals surface area contributed by atoms with Crippen LogP contribution in [0.1, 0.15) is 56.8 Å². The van der Waals surface area contributed by atoms with Crippen molar-refractivity contribution in [1.29, 1.82) is 0 Å². The van der Waals surface area contributed by atoms with Crippen LogP contribution in [0.15, 0.2) is 48.7 Å². The van der Waals surface area contributed by atoms with E-state index in [9.17, 15) is 9.59 Å². The summed E-state index contributed by atoms with van der Waals surface area (Å²) in [6, 6.07) is 11.8. The third-order valence-electron chi connectivity index (χ3n) is 4.44. The lowest BCUT2D eigenvalue weighted by Crippen LogP contribution is -2.40. The first-order valence-corrected chi connectivity index (χ1v) is 9.94. The second-order valence-corrected chi connectivity index (χ2v) is 8.59. The van der Waals surface area contributed by atoms with Crippen LogP contribution in [0.2, 0.25) is 0 Å². The van der Waals surface area contributed by atoms with Gasteiger partial charge in [-0.15, -0.1) is 10.2 Å². The number of hydrogen-bond donors (Lipinski definition) is 3. The number of carbonyl (C=O) groups excluding carboxylic acids is 2. The molecule has 2 heterocycles. The van der Waals surface area contributed by atoms with Gasteiger partial charge in [-0.2, -0.15) is 0 Å². The highest BCUT2D eigenvalue weighted by Crippen LogP contribution is 2.21. The normalized spacial score (nSPS) is 12.6. The van der Waals surface area contributed by atoms with Gasteiger partial charge in [-0.1, -0.05) is 26.0 Å². The van der Waals surface area contributed by atoms with Crippen molar-refractivity contribution in [2.75, 3.05) is 5.32 Å². The Hall–Kier alpha value is -3.42. The first-order chi connectivity index (χ1) is 14.1. The predicted octanol–water partition coefficient (Wildman–Crippen LogP) is 3.78. The van der Waals surface area contributed by atoms with Gasteiger partial charge in [-0.3, -0.25) is 9.20 Å². The third kappa shape index (κ3) is 5.14. The second kappa shape index (κ2) is 8.52. The molecule has 0 spiro atoms. The molecule has 0 fully saturated rings. The molecule has 0 saturated carbocycles. The van der Waals surface area contributed by atoms with Gasteiger partial charge in [0, 0.05) is 23.0 Å². The lowest BCUT2D eigenvalue weighted by Gasteiger charge is -2.22. The molecule has 0 aliphatic carbocycles. The third-order valence-corrected chi connectivity index (χ3v) is 4.44. The summed E-state index contributed by atoms with van der Waals surface area (Å²) in [7, 11) is 0. The molecule has 0 saturated heterocycles. The number of rotatable bonds is 5. The number of anilines is 1. The maximum absolute atomic E-state index is 12.7. The number of pyridine rings is 1. The molecule has 158 valence electrons. The van der Waals surface area contributed by atoms with Crippen molar-refractivity contribution in [3.8, 4) is 0 Å². The van der Waals surface area contributed by atoms with E-state index in [2.05, 4.69) is 26.1 Å². The zero-order chi connectivity index (χ0) is 21.9. The quantitative estimate of drug-likeness (QED) is 0.598. The molecule has 3 N–H and O–H groups in total. The highest BCUT2D eigenvalue weighted by molar-refractivity contribution is 5.97. The Kier molecular flexibility index (Phi) is 6.05. The highest BCUT2D eigenvalue weighted by Gasteiger charge is 2.24. The SMILES string of the molecule is CC(C)C(NC(=O)Nc1cccc(C(=O)NC(C)(C)C)c1)c1nnc2ccccn12. The maximum atomic E-state index is 12.7. The Labute approximate surface area is 176 Å². The summed E-state index contributed by atoms with van der Waals surface area (Å²) in [5.41, 5.74) is 1.39. The summed E-state index contributed by atoms with van der Waals surface area (Å²) >= 11 is 0. The van der Waals surface area contributed by atoms with Crippen molar-refractivity contribution >= 4 is 23.3 Å². The van der Waals surface area contributed by atoms with Crippen LogP contribution in [0.3, 0.4) is 0 Å². The lowest BCUT2D eigenvalue weighted by atomic mass is 10.0. The van der Waals surface area contributed by atoms with Gasteiger partial charge in [0.1, 0.15) is 0 Å². The first kappa shape index (κ1) is 21.3. The van der Waals surface area contributed by atoms with E-state index in [1.165, 1.54) is 0 Å². The fourth-order valence-corrected chi connectivity index (χ4v) is 3.06. The van der Waals surface area contributed by atoms with E-state index in [0.29, 0.717) is 17.1 Å². The minimum absolute atomic E-state index is 0.0900. The monoisotopic (exact) mass is 408 g/mol. The number of aromatic nitrogens is 3. The van der Waals surface area contributed by atoms with Crippen molar-refractivity contribution in [2.24, 2.45) is 5.92 Å². The van der Waals surface area contributed by atoms with Gasteiger partial charge in [-0.05, 0) is 57.0 Å². The number of hydrogen-bond acceptors (Lipinski definition) is 4. The molecule has 0 radical (unpaired) electrons. The number of benzene rings is 1. The maximum Gasteiger partial charge on any atom is 0.319 e. The molecule has 1 aromatic carbocycles. The molecule has 1 atom stereocenters. The van der Waals surface area contributed by atoms with E-state index in [1.807, 2.05) is 63.4 Å². The first-order valence-electron chi connectivity index (χ1n) is 9.94. The van der Waals surface area contributed by atoms with Crippen molar-refractivity contribution in [1.82, 2.24) is 25.2 Å². The van der Waals surface area contributed by atoms with Crippen LogP contribution in [0.4, 0.5) is 10.5 Å². The number of urea groups is 1. The van der Waals surface area contributed by atoms with E-state index >= 15 is 0 Å². The number of carbonyl (C=O) groups is 2. The molecular formula is C22H28N6O2. The molecule has 0 bridgehead atoms. The average molecular weight is 409 g/mol. The molecule has 0 aliphatic rings. The van der Waals surface area contributed by atoms with E-state index in [-0.39, 0.29) is 29.4 Å². The zero-order valence-corrected chi connectivity index (χ0v) is 17.9. The molecule has 8 heteroatoms. The van der Waals surface area contributed by atoms with E-state index in [0.717, 1.165) is 5.65 Å². The van der Waals surface area contributed by atoms with Gasteiger partial charge < -0.3 is 16.0 Å². The minimum atomic E-state index is -0.380. The van der Waals surface area contributed by atoms with Crippen LogP contribution >= 0.6 is 0 Å². The number of nitrogens with zero attached hydrogens (tertiary/aromatic N) is 3. The summed E-state index contributed by atoms with van der Waals surface area (Å²) < 4.78 is 1.86. The summed E-state index contributed by atoms with van der Waals surface area (Å²) in [4.78, 5) is 25.1. The fraction of sp³-hybridized carbons (Fsp3) is 0.364. The topological polar surface area (TPSA) is 100 Å². The fourth-order valence-electron chi connectivity index (χ4n) is 3.06. The Morgan fingerprint density at radius 3 is 2.50 bits per heavy atom. The number of nitrogens with one attached hydrogen (secondary N) is 3. The smallest absolute Gasteiger partial charge is 0.319 e. The Morgan fingerprint density at radius 1 is 1.03 bits per heavy atom. The van der Waals surface area contributed by atoms with Gasteiger partial charge in [0.15, 0.2) is 11.5 Å².